The molecule has 31 heavy (non-hydrogen) atoms. The summed E-state index contributed by atoms with van der Waals surface area (Å²) in [5, 5.41) is 10.6. The Kier molecular flexibility index (Phi) is 4.74. The minimum Gasteiger partial charge on any atom is -0.370 e. The van der Waals surface area contributed by atoms with Crippen molar-refractivity contribution in [2.24, 2.45) is 0 Å². The van der Waals surface area contributed by atoms with Crippen LogP contribution in [-0.4, -0.2) is 74.2 Å². The molecule has 0 bridgehead atoms. The summed E-state index contributed by atoms with van der Waals surface area (Å²) in [5.74, 6) is -1.08. The number of carbonyl (C=O) groups excluding carboxylic acids is 4. The van der Waals surface area contributed by atoms with Crippen molar-refractivity contribution in [2.75, 3.05) is 19.8 Å². The minimum atomic E-state index is -0.648. The van der Waals surface area contributed by atoms with Crippen molar-refractivity contribution in [1.29, 1.82) is 0 Å². The van der Waals surface area contributed by atoms with Crippen molar-refractivity contribution in [3.05, 3.63) is 41.2 Å². The monoisotopic (exact) mass is 424 g/mol. The molecule has 1 unspecified atom stereocenters. The topological polar surface area (TPSA) is 127 Å². The molecule has 4 heterocycles. The largest absolute Gasteiger partial charge is 0.370 e. The lowest BCUT2D eigenvalue weighted by Crippen LogP contribution is -2.52. The quantitative estimate of drug-likeness (QED) is 0.649. The van der Waals surface area contributed by atoms with Crippen LogP contribution in [-0.2, 0) is 32.2 Å². The van der Waals surface area contributed by atoms with Gasteiger partial charge in [0.2, 0.25) is 17.7 Å². The molecule has 3 aliphatic heterocycles. The Morgan fingerprint density at radius 3 is 2.87 bits per heavy atom. The Hall–Kier alpha value is -3.60. The van der Waals surface area contributed by atoms with Crippen molar-refractivity contribution >= 4 is 23.6 Å². The molecular weight excluding hydrogens is 404 g/mol. The Labute approximate surface area is 176 Å². The van der Waals surface area contributed by atoms with E-state index in [0.717, 1.165) is 5.56 Å². The predicted molar refractivity (Wildman–Crippen MR) is 104 cm³/mol. The Morgan fingerprint density at radius 1 is 1.19 bits per heavy atom. The molecule has 0 radical (unpaired) electrons. The first-order valence-electron chi connectivity index (χ1n) is 10.0. The summed E-state index contributed by atoms with van der Waals surface area (Å²) in [6, 6.07) is 4.74. The van der Waals surface area contributed by atoms with Crippen molar-refractivity contribution in [2.45, 2.75) is 32.0 Å². The van der Waals surface area contributed by atoms with Gasteiger partial charge in [-0.2, -0.15) is 0 Å². The average molecular weight is 424 g/mol. The van der Waals surface area contributed by atoms with Crippen LogP contribution in [0.2, 0.25) is 0 Å². The number of aromatic nitrogens is 3. The van der Waals surface area contributed by atoms with Gasteiger partial charge < -0.3 is 14.5 Å². The van der Waals surface area contributed by atoms with Crippen LogP contribution in [0.25, 0.3) is 5.69 Å². The number of hydrogen-bond acceptors (Lipinski definition) is 7. The molecule has 0 saturated carbocycles. The van der Waals surface area contributed by atoms with Crippen molar-refractivity contribution < 1.29 is 23.9 Å². The molecule has 1 aromatic carbocycles. The molecule has 0 aliphatic carbocycles. The van der Waals surface area contributed by atoms with Gasteiger partial charge in [0, 0.05) is 25.1 Å². The molecule has 2 fully saturated rings. The van der Waals surface area contributed by atoms with E-state index < -0.39 is 11.9 Å². The standard InChI is InChI=1S/C20H20N6O5/c27-17-4-3-16(19(29)21-17)25-8-12-1-2-14(7-15(12)20(25)30)26-10-13(22-23-26)9-24-5-6-31-11-18(24)28/h1-2,7,10,16H,3-6,8-9,11H2,(H,21,27,29). The third-order valence-corrected chi connectivity index (χ3v) is 5.75. The second-order valence-electron chi connectivity index (χ2n) is 7.76. The van der Waals surface area contributed by atoms with Gasteiger partial charge in [-0.05, 0) is 24.1 Å². The summed E-state index contributed by atoms with van der Waals surface area (Å²) in [6.07, 6.45) is 2.26. The van der Waals surface area contributed by atoms with Crippen LogP contribution < -0.4 is 5.32 Å². The number of piperidine rings is 1. The third kappa shape index (κ3) is 3.56. The van der Waals surface area contributed by atoms with Gasteiger partial charge in [-0.3, -0.25) is 24.5 Å². The number of hydrogen-bond donors (Lipinski definition) is 1. The summed E-state index contributed by atoms with van der Waals surface area (Å²) < 4.78 is 6.69. The van der Waals surface area contributed by atoms with E-state index in [1.807, 2.05) is 12.1 Å². The summed E-state index contributed by atoms with van der Waals surface area (Å²) in [5.41, 5.74) is 2.61. The van der Waals surface area contributed by atoms with Gasteiger partial charge in [0.1, 0.15) is 18.3 Å². The summed E-state index contributed by atoms with van der Waals surface area (Å²) in [6.45, 7) is 1.74. The zero-order valence-corrected chi connectivity index (χ0v) is 16.6. The average Bonchev–Trinajstić information content (AvgIpc) is 3.34. The van der Waals surface area contributed by atoms with Gasteiger partial charge in [-0.1, -0.05) is 11.3 Å². The van der Waals surface area contributed by atoms with Crippen LogP contribution in [0.4, 0.5) is 0 Å². The highest BCUT2D eigenvalue weighted by molar-refractivity contribution is 6.05. The first-order valence-corrected chi connectivity index (χ1v) is 10.0. The number of fused-ring (bicyclic) bond motifs is 1. The molecule has 1 N–H and O–H groups in total. The van der Waals surface area contributed by atoms with E-state index in [1.165, 1.54) is 4.90 Å². The molecule has 11 nitrogen and oxygen atoms in total. The fraction of sp³-hybridized carbons (Fsp3) is 0.400. The number of rotatable bonds is 4. The number of imide groups is 1. The van der Waals surface area contributed by atoms with E-state index in [9.17, 15) is 19.2 Å². The van der Waals surface area contributed by atoms with Crippen LogP contribution in [0.3, 0.4) is 0 Å². The Bertz CT molecular complexity index is 1100. The van der Waals surface area contributed by atoms with Crippen LogP contribution in [0.1, 0.15) is 34.5 Å². The maximum absolute atomic E-state index is 13.0. The van der Waals surface area contributed by atoms with Crippen molar-refractivity contribution in [1.82, 2.24) is 30.1 Å². The van der Waals surface area contributed by atoms with Crippen LogP contribution in [0.15, 0.2) is 24.4 Å². The molecule has 3 aliphatic rings. The van der Waals surface area contributed by atoms with Crippen LogP contribution in [0, 0.1) is 0 Å². The van der Waals surface area contributed by atoms with E-state index in [-0.39, 0.29) is 30.7 Å². The highest BCUT2D eigenvalue weighted by atomic mass is 16.5. The smallest absolute Gasteiger partial charge is 0.255 e. The second-order valence-corrected chi connectivity index (χ2v) is 7.76. The zero-order valence-electron chi connectivity index (χ0n) is 16.6. The molecule has 4 amide bonds. The van der Waals surface area contributed by atoms with Crippen LogP contribution >= 0.6 is 0 Å². The first-order chi connectivity index (χ1) is 15.0. The number of amides is 4. The second kappa shape index (κ2) is 7.58. The van der Waals surface area contributed by atoms with Gasteiger partial charge in [-0.25, -0.2) is 4.68 Å². The first kappa shape index (κ1) is 19.4. The Morgan fingerprint density at radius 2 is 2.06 bits per heavy atom. The van der Waals surface area contributed by atoms with E-state index in [0.29, 0.717) is 49.6 Å². The number of benzene rings is 1. The number of nitrogens with zero attached hydrogens (tertiary/aromatic N) is 5. The highest BCUT2D eigenvalue weighted by Crippen LogP contribution is 2.29. The molecule has 2 saturated heterocycles. The maximum Gasteiger partial charge on any atom is 0.255 e. The van der Waals surface area contributed by atoms with Gasteiger partial charge >= 0.3 is 0 Å². The molecular formula is C20H20N6O5. The molecule has 2 aromatic rings. The Balaban J connectivity index is 1.33. The van der Waals surface area contributed by atoms with Crippen molar-refractivity contribution in [3.63, 3.8) is 0 Å². The zero-order chi connectivity index (χ0) is 21.5. The van der Waals surface area contributed by atoms with Gasteiger partial charge in [0.15, 0.2) is 0 Å². The third-order valence-electron chi connectivity index (χ3n) is 5.75. The van der Waals surface area contributed by atoms with E-state index in [1.54, 1.807) is 21.8 Å². The minimum absolute atomic E-state index is 0.0742. The molecule has 11 heteroatoms. The fourth-order valence-corrected chi connectivity index (χ4v) is 4.10. The number of morpholine rings is 1. The lowest BCUT2D eigenvalue weighted by atomic mass is 10.0. The van der Waals surface area contributed by atoms with Gasteiger partial charge in [0.25, 0.3) is 5.91 Å². The maximum atomic E-state index is 13.0. The fourth-order valence-electron chi connectivity index (χ4n) is 4.10. The summed E-state index contributed by atoms with van der Waals surface area (Å²) in [7, 11) is 0. The molecule has 1 aromatic heterocycles. The lowest BCUT2D eigenvalue weighted by Gasteiger charge is -2.29. The number of nitrogens with one attached hydrogen (secondary N) is 1. The molecule has 0 spiro atoms. The van der Waals surface area contributed by atoms with E-state index >= 15 is 0 Å². The number of carbonyl (C=O) groups is 4. The van der Waals surface area contributed by atoms with Crippen LogP contribution in [0.5, 0.6) is 0 Å². The van der Waals surface area contributed by atoms with Gasteiger partial charge in [-0.15, -0.1) is 5.10 Å². The highest BCUT2D eigenvalue weighted by Gasteiger charge is 2.39. The molecule has 1 atom stereocenters. The summed E-state index contributed by atoms with van der Waals surface area (Å²) in [4.78, 5) is 51.6. The normalized spacial score (nSPS) is 21.5. The SMILES string of the molecule is O=C1CCC(N2Cc3ccc(-n4cc(CN5CCOCC5=O)nn4)cc3C2=O)C(=O)N1. The van der Waals surface area contributed by atoms with Crippen molar-refractivity contribution in [3.8, 4) is 5.69 Å². The molecule has 5 rings (SSSR count). The lowest BCUT2D eigenvalue weighted by molar-refractivity contribution is -0.143. The van der Waals surface area contributed by atoms with E-state index in [4.69, 9.17) is 4.74 Å². The summed E-state index contributed by atoms with van der Waals surface area (Å²) >= 11 is 0. The van der Waals surface area contributed by atoms with E-state index in [2.05, 4.69) is 15.6 Å². The van der Waals surface area contributed by atoms with Gasteiger partial charge in [0.05, 0.1) is 25.0 Å². The predicted octanol–water partition coefficient (Wildman–Crippen LogP) is -0.613. The molecule has 160 valence electrons. The number of ether oxygens (including phenoxy) is 1.